The summed E-state index contributed by atoms with van der Waals surface area (Å²) in [7, 11) is 1.74. The quantitative estimate of drug-likeness (QED) is 0.876. The minimum atomic E-state index is -0.0557. The summed E-state index contributed by atoms with van der Waals surface area (Å²) in [6.07, 6.45) is 3.24. The molecule has 2 rings (SSSR count). The normalized spacial score (nSPS) is 12.4. The molecular formula is C13H16N4O. The van der Waals surface area contributed by atoms with Crippen molar-refractivity contribution in [1.29, 1.82) is 0 Å². The number of hydrogen-bond donors (Lipinski definition) is 1. The second-order valence-corrected chi connectivity index (χ2v) is 4.42. The second kappa shape index (κ2) is 5.10. The molecule has 2 aromatic rings. The molecule has 0 aliphatic carbocycles. The maximum atomic E-state index is 12.1. The van der Waals surface area contributed by atoms with Crippen LogP contribution in [0.25, 0.3) is 11.0 Å². The van der Waals surface area contributed by atoms with E-state index in [1.807, 2.05) is 6.92 Å². The van der Waals surface area contributed by atoms with Gasteiger partial charge in [0.05, 0.1) is 11.0 Å². The van der Waals surface area contributed by atoms with Gasteiger partial charge in [-0.25, -0.2) is 0 Å². The first kappa shape index (κ1) is 12.4. The largest absolute Gasteiger partial charge is 0.340 e. The van der Waals surface area contributed by atoms with Crippen LogP contribution in [0.3, 0.4) is 0 Å². The van der Waals surface area contributed by atoms with Crippen LogP contribution < -0.4 is 5.73 Å². The van der Waals surface area contributed by atoms with E-state index in [1.54, 1.807) is 42.5 Å². The summed E-state index contributed by atoms with van der Waals surface area (Å²) < 4.78 is 0. The molecular weight excluding hydrogens is 228 g/mol. The van der Waals surface area contributed by atoms with Crippen molar-refractivity contribution in [2.75, 3.05) is 13.6 Å². The van der Waals surface area contributed by atoms with Gasteiger partial charge >= 0.3 is 0 Å². The summed E-state index contributed by atoms with van der Waals surface area (Å²) in [4.78, 5) is 22.1. The van der Waals surface area contributed by atoms with Crippen molar-refractivity contribution in [1.82, 2.24) is 14.9 Å². The lowest BCUT2D eigenvalue weighted by Crippen LogP contribution is -2.36. The zero-order chi connectivity index (χ0) is 13.1. The van der Waals surface area contributed by atoms with Gasteiger partial charge in [0, 0.05) is 37.6 Å². The molecule has 0 saturated heterocycles. The van der Waals surface area contributed by atoms with E-state index < -0.39 is 0 Å². The number of amides is 1. The van der Waals surface area contributed by atoms with Gasteiger partial charge in [-0.15, -0.1) is 0 Å². The van der Waals surface area contributed by atoms with Crippen LogP contribution in [-0.2, 0) is 0 Å². The first-order valence-corrected chi connectivity index (χ1v) is 5.80. The van der Waals surface area contributed by atoms with Gasteiger partial charge in [-0.2, -0.15) is 0 Å². The van der Waals surface area contributed by atoms with Crippen molar-refractivity contribution in [2.45, 2.75) is 13.0 Å². The topological polar surface area (TPSA) is 72.1 Å². The molecule has 18 heavy (non-hydrogen) atoms. The maximum absolute atomic E-state index is 12.1. The Bertz CT molecular complexity index is 568. The zero-order valence-corrected chi connectivity index (χ0v) is 10.5. The average molecular weight is 244 g/mol. The Morgan fingerprint density at radius 2 is 2.00 bits per heavy atom. The highest BCUT2D eigenvalue weighted by atomic mass is 16.2. The standard InChI is InChI=1S/C13H16N4O/c1-9(14)8-17(2)13(18)10-3-4-11-12(7-10)16-6-5-15-11/h3-7,9H,8,14H2,1-2H3. The van der Waals surface area contributed by atoms with E-state index in [-0.39, 0.29) is 11.9 Å². The fourth-order valence-corrected chi connectivity index (χ4v) is 1.83. The highest BCUT2D eigenvalue weighted by molar-refractivity contribution is 5.97. The smallest absolute Gasteiger partial charge is 0.253 e. The van der Waals surface area contributed by atoms with Crippen LogP contribution >= 0.6 is 0 Å². The number of benzene rings is 1. The molecule has 1 amide bonds. The maximum Gasteiger partial charge on any atom is 0.253 e. The molecule has 0 radical (unpaired) electrons. The van der Waals surface area contributed by atoms with Crippen LogP contribution in [0.5, 0.6) is 0 Å². The molecule has 0 spiro atoms. The van der Waals surface area contributed by atoms with E-state index in [1.165, 1.54) is 0 Å². The summed E-state index contributed by atoms with van der Waals surface area (Å²) in [5.74, 6) is -0.0557. The van der Waals surface area contributed by atoms with Gasteiger partial charge in [-0.05, 0) is 25.1 Å². The van der Waals surface area contributed by atoms with Crippen molar-refractivity contribution >= 4 is 16.9 Å². The van der Waals surface area contributed by atoms with Crippen molar-refractivity contribution in [3.8, 4) is 0 Å². The Labute approximate surface area is 106 Å². The van der Waals surface area contributed by atoms with E-state index in [2.05, 4.69) is 9.97 Å². The van der Waals surface area contributed by atoms with E-state index in [4.69, 9.17) is 5.73 Å². The monoisotopic (exact) mass is 244 g/mol. The fourth-order valence-electron chi connectivity index (χ4n) is 1.83. The molecule has 94 valence electrons. The molecule has 2 N–H and O–H groups in total. The van der Waals surface area contributed by atoms with Crippen molar-refractivity contribution in [3.63, 3.8) is 0 Å². The number of carbonyl (C=O) groups excluding carboxylic acids is 1. The number of carbonyl (C=O) groups is 1. The minimum Gasteiger partial charge on any atom is -0.340 e. The SMILES string of the molecule is CC(N)CN(C)C(=O)c1ccc2nccnc2c1. The third-order valence-electron chi connectivity index (χ3n) is 2.62. The van der Waals surface area contributed by atoms with Gasteiger partial charge in [0.2, 0.25) is 0 Å². The summed E-state index contributed by atoms with van der Waals surface area (Å²) in [6.45, 7) is 2.40. The highest BCUT2D eigenvalue weighted by Crippen LogP contribution is 2.12. The second-order valence-electron chi connectivity index (χ2n) is 4.42. The third kappa shape index (κ3) is 2.62. The lowest BCUT2D eigenvalue weighted by molar-refractivity contribution is 0.0789. The number of fused-ring (bicyclic) bond motifs is 1. The molecule has 1 aromatic heterocycles. The molecule has 5 nitrogen and oxygen atoms in total. The first-order chi connectivity index (χ1) is 8.58. The first-order valence-electron chi connectivity index (χ1n) is 5.80. The lowest BCUT2D eigenvalue weighted by Gasteiger charge is -2.19. The molecule has 0 aliphatic heterocycles. The molecule has 1 aromatic carbocycles. The van der Waals surface area contributed by atoms with Gasteiger partial charge < -0.3 is 10.6 Å². The predicted molar refractivity (Wildman–Crippen MR) is 70.1 cm³/mol. The highest BCUT2D eigenvalue weighted by Gasteiger charge is 2.13. The Morgan fingerprint density at radius 1 is 1.33 bits per heavy atom. The van der Waals surface area contributed by atoms with Gasteiger partial charge in [0.25, 0.3) is 5.91 Å². The number of likely N-dealkylation sites (N-methyl/N-ethyl adjacent to an activating group) is 1. The number of hydrogen-bond acceptors (Lipinski definition) is 4. The molecule has 1 atom stereocenters. The predicted octanol–water partition coefficient (Wildman–Crippen LogP) is 1.05. The van der Waals surface area contributed by atoms with Crippen molar-refractivity contribution < 1.29 is 4.79 Å². The molecule has 5 heteroatoms. The van der Waals surface area contributed by atoms with Crippen LogP contribution in [0, 0.1) is 0 Å². The Kier molecular flexibility index (Phi) is 3.53. The molecule has 1 unspecified atom stereocenters. The molecule has 1 heterocycles. The summed E-state index contributed by atoms with van der Waals surface area (Å²) >= 11 is 0. The minimum absolute atomic E-state index is 0.0424. The van der Waals surface area contributed by atoms with Crippen LogP contribution in [0.2, 0.25) is 0 Å². The van der Waals surface area contributed by atoms with Gasteiger partial charge in [0.15, 0.2) is 0 Å². The third-order valence-corrected chi connectivity index (χ3v) is 2.62. The van der Waals surface area contributed by atoms with E-state index >= 15 is 0 Å². The molecule has 0 fully saturated rings. The van der Waals surface area contributed by atoms with Crippen molar-refractivity contribution in [3.05, 3.63) is 36.2 Å². The zero-order valence-electron chi connectivity index (χ0n) is 10.5. The molecule has 0 aliphatic rings. The number of nitrogens with two attached hydrogens (primary N) is 1. The van der Waals surface area contributed by atoms with Crippen LogP contribution in [-0.4, -0.2) is 40.4 Å². The van der Waals surface area contributed by atoms with Gasteiger partial charge in [-0.1, -0.05) is 0 Å². The van der Waals surface area contributed by atoms with Crippen LogP contribution in [0.1, 0.15) is 17.3 Å². The summed E-state index contributed by atoms with van der Waals surface area (Å²) in [5.41, 5.74) is 7.79. The van der Waals surface area contributed by atoms with E-state index in [0.717, 1.165) is 11.0 Å². The van der Waals surface area contributed by atoms with Gasteiger partial charge in [-0.3, -0.25) is 14.8 Å². The van der Waals surface area contributed by atoms with Crippen molar-refractivity contribution in [2.24, 2.45) is 5.73 Å². The molecule has 0 bridgehead atoms. The van der Waals surface area contributed by atoms with Gasteiger partial charge in [0.1, 0.15) is 0 Å². The summed E-state index contributed by atoms with van der Waals surface area (Å²) in [6, 6.07) is 5.27. The number of nitrogens with zero attached hydrogens (tertiary/aromatic N) is 3. The Hall–Kier alpha value is -2.01. The van der Waals surface area contributed by atoms with E-state index in [9.17, 15) is 4.79 Å². The van der Waals surface area contributed by atoms with Crippen LogP contribution in [0.15, 0.2) is 30.6 Å². The Morgan fingerprint density at radius 3 is 2.67 bits per heavy atom. The Balaban J connectivity index is 2.28. The number of rotatable bonds is 3. The molecule has 0 saturated carbocycles. The summed E-state index contributed by atoms with van der Waals surface area (Å²) in [5, 5.41) is 0. The average Bonchev–Trinajstić information content (AvgIpc) is 2.36. The number of aromatic nitrogens is 2. The van der Waals surface area contributed by atoms with E-state index in [0.29, 0.717) is 12.1 Å². The van der Waals surface area contributed by atoms with Crippen LogP contribution in [0.4, 0.5) is 0 Å². The lowest BCUT2D eigenvalue weighted by atomic mass is 10.1. The fraction of sp³-hybridized carbons (Fsp3) is 0.308.